The molecule has 0 aliphatic carbocycles. The van der Waals surface area contributed by atoms with E-state index in [2.05, 4.69) is 38.0 Å². The summed E-state index contributed by atoms with van der Waals surface area (Å²) in [5.74, 6) is 0. The van der Waals surface area contributed by atoms with E-state index in [4.69, 9.17) is 0 Å². The Morgan fingerprint density at radius 1 is 1.50 bits per heavy atom. The molecule has 2 N–H and O–H groups in total. The van der Waals surface area contributed by atoms with Crippen molar-refractivity contribution in [2.45, 2.75) is 56.1 Å². The monoisotopic (exact) mass is 271 g/mol. The van der Waals surface area contributed by atoms with Crippen molar-refractivity contribution in [3.05, 3.63) is 12.4 Å². The van der Waals surface area contributed by atoms with Gasteiger partial charge in [0, 0.05) is 36.3 Å². The molecule has 0 aromatic carbocycles. The number of nitrogens with one attached hydrogen (secondary N) is 1. The quantitative estimate of drug-likeness (QED) is 0.745. The number of aliphatic hydroxyl groups excluding tert-OH is 1. The van der Waals surface area contributed by atoms with Gasteiger partial charge in [0.2, 0.25) is 0 Å². The average Bonchev–Trinajstić information content (AvgIpc) is 2.63. The van der Waals surface area contributed by atoms with Crippen LogP contribution in [0.5, 0.6) is 0 Å². The Morgan fingerprint density at radius 3 is 2.61 bits per heavy atom. The lowest BCUT2D eigenvalue weighted by Crippen LogP contribution is -2.50. The third kappa shape index (κ3) is 4.63. The van der Waals surface area contributed by atoms with Gasteiger partial charge >= 0.3 is 0 Å². The summed E-state index contributed by atoms with van der Waals surface area (Å²) < 4.78 is 2.02. The maximum Gasteiger partial charge on any atom is 0.167 e. The second-order valence-corrected chi connectivity index (χ2v) is 6.88. The highest BCUT2D eigenvalue weighted by molar-refractivity contribution is 7.99. The molecule has 1 rings (SSSR count). The summed E-state index contributed by atoms with van der Waals surface area (Å²) in [5, 5.41) is 14.4. The third-order valence-electron chi connectivity index (χ3n) is 2.81. The van der Waals surface area contributed by atoms with Gasteiger partial charge in [-0.15, -0.1) is 0 Å². The van der Waals surface area contributed by atoms with E-state index in [1.54, 1.807) is 11.8 Å². The van der Waals surface area contributed by atoms with Gasteiger partial charge in [-0.1, -0.05) is 32.5 Å². The number of hydrogen-bond donors (Lipinski definition) is 2. The Hall–Kier alpha value is -0.520. The molecule has 0 saturated carbocycles. The number of aromatic nitrogens is 2. The molecule has 0 amide bonds. The number of aryl methyl sites for hydroxylation is 1. The molecule has 0 aliphatic rings. The summed E-state index contributed by atoms with van der Waals surface area (Å²) in [4.78, 5) is 4.32. The van der Waals surface area contributed by atoms with E-state index >= 15 is 0 Å². The Labute approximate surface area is 114 Å². The Bertz CT molecular complexity index is 367. The second kappa shape index (κ2) is 6.59. The van der Waals surface area contributed by atoms with E-state index in [1.807, 2.05) is 24.0 Å². The Morgan fingerprint density at radius 2 is 2.17 bits per heavy atom. The zero-order valence-corrected chi connectivity index (χ0v) is 12.8. The van der Waals surface area contributed by atoms with Crippen molar-refractivity contribution >= 4 is 11.8 Å². The minimum atomic E-state index is -0.230. The first-order chi connectivity index (χ1) is 8.36. The van der Waals surface area contributed by atoms with Crippen LogP contribution < -0.4 is 5.32 Å². The van der Waals surface area contributed by atoms with Gasteiger partial charge in [0.05, 0.1) is 6.61 Å². The molecule has 0 spiro atoms. The number of aliphatic hydroxyl groups is 1. The van der Waals surface area contributed by atoms with Crippen molar-refractivity contribution in [2.75, 3.05) is 6.61 Å². The van der Waals surface area contributed by atoms with Crippen LogP contribution in [0.2, 0.25) is 0 Å². The van der Waals surface area contributed by atoms with Gasteiger partial charge < -0.3 is 15.0 Å². The van der Waals surface area contributed by atoms with E-state index < -0.39 is 0 Å². The van der Waals surface area contributed by atoms with Crippen LogP contribution in [0.3, 0.4) is 0 Å². The van der Waals surface area contributed by atoms with Crippen LogP contribution >= 0.6 is 11.8 Å². The standard InChI is InChI=1S/C13H25N3OS/c1-10(2)15-13(4,9-17)8-11(3)18-12-14-6-7-16(12)5/h6-7,10-11,15,17H,8-9H2,1-5H3. The minimum Gasteiger partial charge on any atom is -0.394 e. The summed E-state index contributed by atoms with van der Waals surface area (Å²) in [7, 11) is 2.00. The number of imidazole rings is 1. The van der Waals surface area contributed by atoms with Crippen molar-refractivity contribution in [2.24, 2.45) is 7.05 Å². The lowest BCUT2D eigenvalue weighted by Gasteiger charge is -2.33. The van der Waals surface area contributed by atoms with Gasteiger partial charge in [0.25, 0.3) is 0 Å². The molecule has 2 unspecified atom stereocenters. The third-order valence-corrected chi connectivity index (χ3v) is 3.98. The highest BCUT2D eigenvalue weighted by Gasteiger charge is 2.27. The topological polar surface area (TPSA) is 50.1 Å². The number of hydrogen-bond acceptors (Lipinski definition) is 4. The van der Waals surface area contributed by atoms with Crippen molar-refractivity contribution < 1.29 is 5.11 Å². The van der Waals surface area contributed by atoms with Crippen LogP contribution in [0.1, 0.15) is 34.1 Å². The smallest absolute Gasteiger partial charge is 0.167 e. The first-order valence-corrected chi connectivity index (χ1v) is 7.27. The fourth-order valence-corrected chi connectivity index (χ4v) is 3.35. The van der Waals surface area contributed by atoms with E-state index in [9.17, 15) is 5.11 Å². The Kier molecular flexibility index (Phi) is 5.69. The molecule has 0 fully saturated rings. The SMILES string of the molecule is CC(C)NC(C)(CO)CC(C)Sc1nccn1C. The van der Waals surface area contributed by atoms with Crippen molar-refractivity contribution in [3.63, 3.8) is 0 Å². The number of thioether (sulfide) groups is 1. The molecular weight excluding hydrogens is 246 g/mol. The lowest BCUT2D eigenvalue weighted by molar-refractivity contribution is 0.157. The molecule has 0 aliphatic heterocycles. The predicted octanol–water partition coefficient (Wildman–Crippen LogP) is 2.04. The molecule has 0 bridgehead atoms. The molecule has 104 valence electrons. The summed E-state index contributed by atoms with van der Waals surface area (Å²) in [6.45, 7) is 8.60. The summed E-state index contributed by atoms with van der Waals surface area (Å²) in [6, 6.07) is 0.368. The van der Waals surface area contributed by atoms with E-state index in [-0.39, 0.29) is 12.1 Å². The highest BCUT2D eigenvalue weighted by Crippen LogP contribution is 2.27. The van der Waals surface area contributed by atoms with Crippen LogP contribution in [0, 0.1) is 0 Å². The molecule has 5 heteroatoms. The zero-order valence-electron chi connectivity index (χ0n) is 12.0. The molecule has 1 aromatic heterocycles. The van der Waals surface area contributed by atoms with Gasteiger partial charge in [-0.25, -0.2) is 4.98 Å². The van der Waals surface area contributed by atoms with Gasteiger partial charge in [-0.05, 0) is 13.3 Å². The van der Waals surface area contributed by atoms with Gasteiger partial charge in [-0.2, -0.15) is 0 Å². The summed E-state index contributed by atoms with van der Waals surface area (Å²) in [6.07, 6.45) is 4.67. The molecule has 18 heavy (non-hydrogen) atoms. The summed E-state index contributed by atoms with van der Waals surface area (Å²) in [5.41, 5.74) is -0.230. The first kappa shape index (κ1) is 15.5. The average molecular weight is 271 g/mol. The zero-order chi connectivity index (χ0) is 13.8. The van der Waals surface area contributed by atoms with Crippen LogP contribution in [-0.4, -0.2) is 38.1 Å². The summed E-state index contributed by atoms with van der Waals surface area (Å²) >= 11 is 1.75. The van der Waals surface area contributed by atoms with E-state index in [0.717, 1.165) is 11.6 Å². The van der Waals surface area contributed by atoms with Crippen LogP contribution in [-0.2, 0) is 7.05 Å². The molecule has 2 atom stereocenters. The maximum absolute atomic E-state index is 9.57. The highest BCUT2D eigenvalue weighted by atomic mass is 32.2. The second-order valence-electron chi connectivity index (χ2n) is 5.47. The number of rotatable bonds is 7. The molecular formula is C13H25N3OS. The van der Waals surface area contributed by atoms with E-state index in [0.29, 0.717) is 11.3 Å². The van der Waals surface area contributed by atoms with Crippen molar-refractivity contribution in [3.8, 4) is 0 Å². The van der Waals surface area contributed by atoms with Crippen LogP contribution in [0.25, 0.3) is 0 Å². The van der Waals surface area contributed by atoms with Crippen molar-refractivity contribution in [1.29, 1.82) is 0 Å². The van der Waals surface area contributed by atoms with Crippen LogP contribution in [0.4, 0.5) is 0 Å². The van der Waals surface area contributed by atoms with E-state index in [1.165, 1.54) is 0 Å². The predicted molar refractivity (Wildman–Crippen MR) is 76.9 cm³/mol. The maximum atomic E-state index is 9.57. The molecule has 0 saturated heterocycles. The molecule has 0 radical (unpaired) electrons. The molecule has 1 heterocycles. The molecule has 4 nitrogen and oxygen atoms in total. The normalized spacial score (nSPS) is 16.8. The van der Waals surface area contributed by atoms with Gasteiger partial charge in [-0.3, -0.25) is 0 Å². The largest absolute Gasteiger partial charge is 0.394 e. The fourth-order valence-electron chi connectivity index (χ4n) is 2.19. The molecule has 1 aromatic rings. The van der Waals surface area contributed by atoms with Gasteiger partial charge in [0.1, 0.15) is 0 Å². The lowest BCUT2D eigenvalue weighted by atomic mass is 9.96. The van der Waals surface area contributed by atoms with Gasteiger partial charge in [0.15, 0.2) is 5.16 Å². The Balaban J connectivity index is 2.57. The first-order valence-electron chi connectivity index (χ1n) is 6.39. The fraction of sp³-hybridized carbons (Fsp3) is 0.769. The van der Waals surface area contributed by atoms with Crippen LogP contribution in [0.15, 0.2) is 17.6 Å². The minimum absolute atomic E-state index is 0.149. The number of nitrogens with zero attached hydrogens (tertiary/aromatic N) is 2. The van der Waals surface area contributed by atoms with Crippen molar-refractivity contribution in [1.82, 2.24) is 14.9 Å².